The zero-order valence-electron chi connectivity index (χ0n) is 11.4. The molecular formula is C15H19NO4. The van der Waals surface area contributed by atoms with Crippen LogP contribution in [0.25, 0.3) is 0 Å². The topological polar surface area (TPSA) is 75.6 Å². The van der Waals surface area contributed by atoms with Crippen molar-refractivity contribution in [2.75, 3.05) is 0 Å². The summed E-state index contributed by atoms with van der Waals surface area (Å²) >= 11 is 0. The van der Waals surface area contributed by atoms with E-state index in [2.05, 4.69) is 5.32 Å². The molecule has 1 fully saturated rings. The Morgan fingerprint density at radius 3 is 2.55 bits per heavy atom. The molecule has 1 saturated carbocycles. The molecule has 0 aliphatic heterocycles. The first-order chi connectivity index (χ1) is 9.56. The Labute approximate surface area is 117 Å². The standard InChI is InChI=1S/C15H19NO4/c1-10(20-12-5-3-2-4-6-12)14(17)16-13(15(18)19)9-11-7-8-11/h2-6,10-11,13H,7-9H2,1H3,(H,16,17)(H,18,19). The molecular weight excluding hydrogens is 258 g/mol. The largest absolute Gasteiger partial charge is 0.481 e. The highest BCUT2D eigenvalue weighted by molar-refractivity contribution is 5.86. The summed E-state index contributed by atoms with van der Waals surface area (Å²) in [7, 11) is 0. The van der Waals surface area contributed by atoms with Gasteiger partial charge >= 0.3 is 5.97 Å². The van der Waals surface area contributed by atoms with Crippen LogP contribution in [0.15, 0.2) is 30.3 Å². The Hall–Kier alpha value is -2.04. The van der Waals surface area contributed by atoms with Crippen LogP contribution in [0.5, 0.6) is 5.75 Å². The van der Waals surface area contributed by atoms with Crippen LogP contribution in [0, 0.1) is 5.92 Å². The molecule has 0 bridgehead atoms. The Kier molecular flexibility index (Phi) is 4.61. The van der Waals surface area contributed by atoms with Gasteiger partial charge in [-0.25, -0.2) is 4.79 Å². The van der Waals surface area contributed by atoms with Gasteiger partial charge in [-0.3, -0.25) is 4.79 Å². The Morgan fingerprint density at radius 1 is 1.35 bits per heavy atom. The van der Waals surface area contributed by atoms with Gasteiger partial charge in [-0.05, 0) is 31.4 Å². The molecule has 20 heavy (non-hydrogen) atoms. The maximum atomic E-state index is 12.0. The molecule has 1 aliphatic rings. The van der Waals surface area contributed by atoms with Crippen molar-refractivity contribution >= 4 is 11.9 Å². The van der Waals surface area contributed by atoms with E-state index in [1.165, 1.54) is 0 Å². The molecule has 2 N–H and O–H groups in total. The van der Waals surface area contributed by atoms with E-state index in [-0.39, 0.29) is 0 Å². The minimum Gasteiger partial charge on any atom is -0.481 e. The number of aliphatic carboxylic acids is 1. The number of carbonyl (C=O) groups is 2. The van der Waals surface area contributed by atoms with Gasteiger partial charge in [0, 0.05) is 0 Å². The highest BCUT2D eigenvalue weighted by Gasteiger charge is 2.31. The van der Waals surface area contributed by atoms with E-state index in [1.807, 2.05) is 18.2 Å². The van der Waals surface area contributed by atoms with E-state index in [4.69, 9.17) is 9.84 Å². The summed E-state index contributed by atoms with van der Waals surface area (Å²) in [6.07, 6.45) is 1.88. The fourth-order valence-corrected chi connectivity index (χ4v) is 1.95. The molecule has 2 unspecified atom stereocenters. The van der Waals surface area contributed by atoms with Crippen LogP contribution < -0.4 is 10.1 Å². The highest BCUT2D eigenvalue weighted by atomic mass is 16.5. The summed E-state index contributed by atoms with van der Waals surface area (Å²) < 4.78 is 5.47. The number of carboxylic acids is 1. The Morgan fingerprint density at radius 2 is 2.00 bits per heavy atom. The second-order valence-electron chi connectivity index (χ2n) is 5.15. The van der Waals surface area contributed by atoms with Crippen molar-refractivity contribution in [2.45, 2.75) is 38.3 Å². The van der Waals surface area contributed by atoms with Crippen molar-refractivity contribution in [1.82, 2.24) is 5.32 Å². The lowest BCUT2D eigenvalue weighted by atomic mass is 10.1. The molecule has 2 atom stereocenters. The average Bonchev–Trinajstić information content (AvgIpc) is 3.22. The smallest absolute Gasteiger partial charge is 0.326 e. The van der Waals surface area contributed by atoms with Crippen molar-refractivity contribution in [3.05, 3.63) is 30.3 Å². The van der Waals surface area contributed by atoms with Crippen LogP contribution in [-0.4, -0.2) is 29.1 Å². The first kappa shape index (κ1) is 14.4. The summed E-state index contributed by atoms with van der Waals surface area (Å²) in [5, 5.41) is 11.7. The number of para-hydroxylation sites is 1. The number of hydrogen-bond donors (Lipinski definition) is 2. The number of rotatable bonds is 7. The third-order valence-corrected chi connectivity index (χ3v) is 3.31. The summed E-state index contributed by atoms with van der Waals surface area (Å²) in [5.74, 6) is -0.370. The summed E-state index contributed by atoms with van der Waals surface area (Å²) in [5.41, 5.74) is 0. The van der Waals surface area contributed by atoms with Gasteiger partial charge < -0.3 is 15.2 Å². The third kappa shape index (κ3) is 4.26. The monoisotopic (exact) mass is 277 g/mol. The van der Waals surface area contributed by atoms with Gasteiger partial charge in [-0.2, -0.15) is 0 Å². The van der Waals surface area contributed by atoms with Gasteiger partial charge in [-0.1, -0.05) is 31.0 Å². The molecule has 0 heterocycles. The summed E-state index contributed by atoms with van der Waals surface area (Å²) in [6, 6.07) is 8.16. The zero-order chi connectivity index (χ0) is 14.5. The van der Waals surface area contributed by atoms with Gasteiger partial charge in [-0.15, -0.1) is 0 Å². The molecule has 5 nitrogen and oxygen atoms in total. The number of hydrogen-bond acceptors (Lipinski definition) is 3. The molecule has 108 valence electrons. The van der Waals surface area contributed by atoms with Crippen molar-refractivity contribution in [3.63, 3.8) is 0 Å². The quantitative estimate of drug-likeness (QED) is 0.797. The molecule has 1 aromatic rings. The second kappa shape index (κ2) is 6.41. The van der Waals surface area contributed by atoms with Crippen LogP contribution in [0.3, 0.4) is 0 Å². The van der Waals surface area contributed by atoms with Gasteiger partial charge in [0.2, 0.25) is 0 Å². The molecule has 0 spiro atoms. The Bertz CT molecular complexity index is 470. The SMILES string of the molecule is CC(Oc1ccccc1)C(=O)NC(CC1CC1)C(=O)O. The number of ether oxygens (including phenoxy) is 1. The van der Waals surface area contributed by atoms with Gasteiger partial charge in [0.05, 0.1) is 0 Å². The molecule has 2 rings (SSSR count). The van der Waals surface area contributed by atoms with E-state index in [0.717, 1.165) is 12.8 Å². The fourth-order valence-electron chi connectivity index (χ4n) is 1.95. The normalized spacial score (nSPS) is 17.1. The van der Waals surface area contributed by atoms with E-state index in [9.17, 15) is 9.59 Å². The zero-order valence-corrected chi connectivity index (χ0v) is 11.4. The van der Waals surface area contributed by atoms with Crippen molar-refractivity contribution in [2.24, 2.45) is 5.92 Å². The van der Waals surface area contributed by atoms with Crippen molar-refractivity contribution < 1.29 is 19.4 Å². The molecule has 1 aromatic carbocycles. The highest BCUT2D eigenvalue weighted by Crippen LogP contribution is 2.33. The van der Waals surface area contributed by atoms with Crippen molar-refractivity contribution in [3.8, 4) is 5.75 Å². The van der Waals surface area contributed by atoms with E-state index >= 15 is 0 Å². The lowest BCUT2D eigenvalue weighted by molar-refractivity contribution is -0.143. The van der Waals surface area contributed by atoms with Crippen LogP contribution >= 0.6 is 0 Å². The fraction of sp³-hybridized carbons (Fsp3) is 0.467. The van der Waals surface area contributed by atoms with E-state index < -0.39 is 24.0 Å². The lowest BCUT2D eigenvalue weighted by Crippen LogP contribution is -2.46. The van der Waals surface area contributed by atoms with Crippen LogP contribution in [0.2, 0.25) is 0 Å². The lowest BCUT2D eigenvalue weighted by Gasteiger charge is -2.18. The van der Waals surface area contributed by atoms with E-state index in [1.54, 1.807) is 19.1 Å². The number of carbonyl (C=O) groups excluding carboxylic acids is 1. The predicted molar refractivity (Wildman–Crippen MR) is 73.4 cm³/mol. The number of benzene rings is 1. The van der Waals surface area contributed by atoms with Gasteiger partial charge in [0.15, 0.2) is 6.10 Å². The average molecular weight is 277 g/mol. The predicted octanol–water partition coefficient (Wildman–Crippen LogP) is 1.82. The van der Waals surface area contributed by atoms with E-state index in [0.29, 0.717) is 18.1 Å². The molecule has 1 amide bonds. The molecule has 5 heteroatoms. The first-order valence-electron chi connectivity index (χ1n) is 6.81. The Balaban J connectivity index is 1.87. The number of nitrogens with one attached hydrogen (secondary N) is 1. The molecule has 1 aliphatic carbocycles. The summed E-state index contributed by atoms with van der Waals surface area (Å²) in [4.78, 5) is 23.1. The summed E-state index contributed by atoms with van der Waals surface area (Å²) in [6.45, 7) is 1.61. The second-order valence-corrected chi connectivity index (χ2v) is 5.15. The van der Waals surface area contributed by atoms with Crippen molar-refractivity contribution in [1.29, 1.82) is 0 Å². The minimum absolute atomic E-state index is 0.401. The van der Waals surface area contributed by atoms with Crippen LogP contribution in [-0.2, 0) is 9.59 Å². The molecule has 0 saturated heterocycles. The van der Waals surface area contributed by atoms with Crippen LogP contribution in [0.1, 0.15) is 26.2 Å². The maximum absolute atomic E-state index is 12.0. The number of amides is 1. The molecule has 0 aromatic heterocycles. The van der Waals surface area contributed by atoms with Gasteiger partial charge in [0.25, 0.3) is 5.91 Å². The first-order valence-corrected chi connectivity index (χ1v) is 6.81. The van der Waals surface area contributed by atoms with Crippen LogP contribution in [0.4, 0.5) is 0 Å². The maximum Gasteiger partial charge on any atom is 0.326 e. The number of carboxylic acid groups (broad SMARTS) is 1. The minimum atomic E-state index is -0.989. The van der Waals surface area contributed by atoms with Gasteiger partial charge in [0.1, 0.15) is 11.8 Å². The third-order valence-electron chi connectivity index (χ3n) is 3.31. The molecule has 0 radical (unpaired) electrons.